The summed E-state index contributed by atoms with van der Waals surface area (Å²) in [7, 11) is 1.96. The van der Waals surface area contributed by atoms with E-state index in [1.165, 1.54) is 56.2 Å². The number of fused-ring (bicyclic) bond motifs is 6. The molecule has 0 saturated heterocycles. The molecule has 2 saturated carbocycles. The summed E-state index contributed by atoms with van der Waals surface area (Å²) in [5, 5.41) is 0. The fourth-order valence-electron chi connectivity index (χ4n) is 8.07. The first-order valence-electron chi connectivity index (χ1n) is 12.3. The molecule has 0 spiro atoms. The molecule has 1 aromatic heterocycles. The lowest BCUT2D eigenvalue weighted by Gasteiger charge is -2.57. The van der Waals surface area contributed by atoms with E-state index in [1.807, 2.05) is 13.4 Å². The Morgan fingerprint density at radius 2 is 1.97 bits per heavy atom. The summed E-state index contributed by atoms with van der Waals surface area (Å²) < 4.78 is 2.37. The average Bonchev–Trinajstić information content (AvgIpc) is 3.36. The zero-order valence-electron chi connectivity index (χ0n) is 19.2. The summed E-state index contributed by atoms with van der Waals surface area (Å²) in [6, 6.07) is 8.54. The van der Waals surface area contributed by atoms with Crippen LogP contribution in [0.1, 0.15) is 58.8 Å². The number of imidazole rings is 1. The van der Waals surface area contributed by atoms with Gasteiger partial charge in [-0.05, 0) is 86.2 Å². The van der Waals surface area contributed by atoms with Gasteiger partial charge in [-0.3, -0.25) is 4.99 Å². The Bertz CT molecular complexity index is 1100. The highest BCUT2D eigenvalue weighted by molar-refractivity contribution is 5.88. The molecule has 4 aliphatic rings. The van der Waals surface area contributed by atoms with Gasteiger partial charge >= 0.3 is 0 Å². The maximum Gasteiger partial charge on any atom is 0.100 e. The molecule has 2 fully saturated rings. The second-order valence-corrected chi connectivity index (χ2v) is 11.0. The van der Waals surface area contributed by atoms with Gasteiger partial charge in [0.15, 0.2) is 0 Å². The summed E-state index contributed by atoms with van der Waals surface area (Å²) in [5.74, 6) is 3.10. The number of aromatic nitrogens is 2. The fourth-order valence-corrected chi connectivity index (χ4v) is 8.07. The number of nitrogens with zero attached hydrogens (tertiary/aromatic N) is 3. The molecule has 0 radical (unpaired) electrons. The second kappa shape index (κ2) is 6.92. The Morgan fingerprint density at radius 1 is 1.10 bits per heavy atom. The maximum atomic E-state index is 4.71. The highest BCUT2D eigenvalue weighted by atomic mass is 15.1. The van der Waals surface area contributed by atoms with Crippen molar-refractivity contribution in [1.29, 1.82) is 0 Å². The van der Waals surface area contributed by atoms with Crippen molar-refractivity contribution in [3.05, 3.63) is 48.3 Å². The molecule has 1 aromatic carbocycles. The van der Waals surface area contributed by atoms with E-state index in [0.29, 0.717) is 11.3 Å². The molecule has 31 heavy (non-hydrogen) atoms. The number of hydrogen-bond acceptors (Lipinski definition) is 2. The molecule has 0 bridgehead atoms. The Balaban J connectivity index is 1.41. The molecular weight excluding hydrogens is 378 g/mol. The molecule has 0 aliphatic heterocycles. The summed E-state index contributed by atoms with van der Waals surface area (Å²) in [4.78, 5) is 9.38. The lowest BCUT2D eigenvalue weighted by Crippen LogP contribution is -2.51. The van der Waals surface area contributed by atoms with Crippen molar-refractivity contribution in [2.45, 2.75) is 58.8 Å². The smallest absolute Gasteiger partial charge is 0.100 e. The van der Waals surface area contributed by atoms with Crippen LogP contribution >= 0.6 is 0 Å². The maximum absolute atomic E-state index is 4.71. The van der Waals surface area contributed by atoms with E-state index in [9.17, 15) is 0 Å². The molecule has 0 N–H and O–H groups in total. The number of aliphatic imine (C=N–C) groups is 1. The number of benzene rings is 1. The van der Waals surface area contributed by atoms with Crippen LogP contribution in [0.15, 0.2) is 53.3 Å². The van der Waals surface area contributed by atoms with Gasteiger partial charge in [0.2, 0.25) is 0 Å². The molecule has 2 aromatic rings. The third-order valence-electron chi connectivity index (χ3n) is 9.59. The fraction of sp³-hybridized carbons (Fsp3) is 0.571. The molecule has 4 aliphatic carbocycles. The lowest BCUT2D eigenvalue weighted by molar-refractivity contribution is 0.00165. The number of rotatable bonds is 2. The van der Waals surface area contributed by atoms with Gasteiger partial charge in [0.25, 0.3) is 0 Å². The summed E-state index contributed by atoms with van der Waals surface area (Å²) in [6.45, 7) is 5.05. The van der Waals surface area contributed by atoms with Crippen LogP contribution in [0.25, 0.3) is 16.7 Å². The highest BCUT2D eigenvalue weighted by Crippen LogP contribution is 2.65. The summed E-state index contributed by atoms with van der Waals surface area (Å²) in [6.07, 6.45) is 18.6. The minimum Gasteiger partial charge on any atom is -0.302 e. The number of allylic oxidation sites excluding steroid dienone is 4. The molecule has 3 heteroatoms. The largest absolute Gasteiger partial charge is 0.302 e. The molecule has 0 amide bonds. The van der Waals surface area contributed by atoms with Gasteiger partial charge in [0.05, 0.1) is 11.0 Å². The standard InChI is InChI=1S/C28H35N3/c1-19-12-14-27(2)20(16-19)8-9-21-22(27)13-15-28(17-29-3)23(21)10-11-26(28)31-18-30-24-6-4-5-7-25(24)31/h4-8,11,17-19,21-23H,9-10,12-16H2,1-3H3/t19-,21?,22?,23?,27-,28+/m0/s1. The topological polar surface area (TPSA) is 30.2 Å². The van der Waals surface area contributed by atoms with Crippen LogP contribution in [0.4, 0.5) is 0 Å². The van der Waals surface area contributed by atoms with Crippen molar-refractivity contribution in [2.75, 3.05) is 7.05 Å². The van der Waals surface area contributed by atoms with Crippen LogP contribution in [-0.4, -0.2) is 22.8 Å². The molecular formula is C28H35N3. The monoisotopic (exact) mass is 413 g/mol. The summed E-state index contributed by atoms with van der Waals surface area (Å²) in [5.41, 5.74) is 5.99. The third kappa shape index (κ3) is 2.64. The first kappa shape index (κ1) is 19.5. The highest BCUT2D eigenvalue weighted by Gasteiger charge is 2.58. The van der Waals surface area contributed by atoms with Crippen molar-refractivity contribution < 1.29 is 0 Å². The van der Waals surface area contributed by atoms with Crippen LogP contribution in [0.3, 0.4) is 0 Å². The van der Waals surface area contributed by atoms with Gasteiger partial charge in [0.1, 0.15) is 6.33 Å². The molecule has 3 nitrogen and oxygen atoms in total. The van der Waals surface area contributed by atoms with E-state index in [2.05, 4.69) is 66.0 Å². The van der Waals surface area contributed by atoms with Gasteiger partial charge in [-0.2, -0.15) is 0 Å². The van der Waals surface area contributed by atoms with E-state index in [4.69, 9.17) is 4.98 Å². The van der Waals surface area contributed by atoms with E-state index in [1.54, 1.807) is 5.57 Å². The first-order valence-corrected chi connectivity index (χ1v) is 12.3. The third-order valence-corrected chi connectivity index (χ3v) is 9.59. The van der Waals surface area contributed by atoms with Gasteiger partial charge in [-0.25, -0.2) is 4.98 Å². The van der Waals surface area contributed by atoms with Crippen LogP contribution < -0.4 is 0 Å². The van der Waals surface area contributed by atoms with Crippen molar-refractivity contribution in [3.8, 4) is 0 Å². The minimum absolute atomic E-state index is 0.0447. The van der Waals surface area contributed by atoms with Gasteiger partial charge < -0.3 is 4.57 Å². The molecule has 1 heterocycles. The predicted molar refractivity (Wildman–Crippen MR) is 129 cm³/mol. The zero-order chi connectivity index (χ0) is 21.2. The SMILES string of the molecule is CN=C[C@]12CCC3C(CC=C4C[C@@H](C)CC[C@@]43C)C1CC=C2n1cnc2ccccc21. The summed E-state index contributed by atoms with van der Waals surface area (Å²) >= 11 is 0. The average molecular weight is 414 g/mol. The zero-order valence-corrected chi connectivity index (χ0v) is 19.2. The van der Waals surface area contributed by atoms with E-state index >= 15 is 0 Å². The quantitative estimate of drug-likeness (QED) is 0.395. The van der Waals surface area contributed by atoms with Crippen molar-refractivity contribution in [2.24, 2.45) is 39.5 Å². The predicted octanol–water partition coefficient (Wildman–Crippen LogP) is 6.77. The van der Waals surface area contributed by atoms with Crippen LogP contribution in [-0.2, 0) is 0 Å². The van der Waals surface area contributed by atoms with Crippen LogP contribution in [0, 0.1) is 34.5 Å². The van der Waals surface area contributed by atoms with Gasteiger partial charge in [-0.15, -0.1) is 0 Å². The molecule has 6 rings (SSSR count). The van der Waals surface area contributed by atoms with Crippen LogP contribution in [0.5, 0.6) is 0 Å². The Labute approximate surface area is 186 Å². The van der Waals surface area contributed by atoms with Crippen LogP contribution in [0.2, 0.25) is 0 Å². The van der Waals surface area contributed by atoms with Crippen molar-refractivity contribution >= 4 is 22.9 Å². The van der Waals surface area contributed by atoms with E-state index in [-0.39, 0.29) is 5.41 Å². The minimum atomic E-state index is 0.0447. The first-order chi connectivity index (χ1) is 15.1. The van der Waals surface area contributed by atoms with Gasteiger partial charge in [-0.1, -0.05) is 43.7 Å². The molecule has 3 unspecified atom stereocenters. The molecule has 162 valence electrons. The molecule has 6 atom stereocenters. The Kier molecular flexibility index (Phi) is 4.36. The van der Waals surface area contributed by atoms with Crippen molar-refractivity contribution in [3.63, 3.8) is 0 Å². The normalized spacial score (nSPS) is 39.7. The van der Waals surface area contributed by atoms with E-state index in [0.717, 1.165) is 23.3 Å². The van der Waals surface area contributed by atoms with Crippen molar-refractivity contribution in [1.82, 2.24) is 9.55 Å². The second-order valence-electron chi connectivity index (χ2n) is 11.0. The van der Waals surface area contributed by atoms with Gasteiger partial charge in [0, 0.05) is 24.4 Å². The van der Waals surface area contributed by atoms with E-state index < -0.39 is 0 Å². The Morgan fingerprint density at radius 3 is 2.84 bits per heavy atom. The lowest BCUT2D eigenvalue weighted by atomic mass is 9.47. The number of hydrogen-bond donors (Lipinski definition) is 0. The number of para-hydroxylation sites is 2. The Hall–Kier alpha value is -2.16.